The number of likely N-dealkylation sites (tertiary alicyclic amines) is 1. The van der Waals surface area contributed by atoms with E-state index in [4.69, 9.17) is 4.74 Å². The van der Waals surface area contributed by atoms with Crippen LogP contribution in [0, 0.1) is 24.7 Å². The molecule has 1 aromatic carbocycles. The van der Waals surface area contributed by atoms with Crippen LogP contribution < -0.4 is 4.74 Å². The first kappa shape index (κ1) is 16.4. The molecular weight excluding hydrogens is 286 g/mol. The minimum absolute atomic E-state index is 0.136. The summed E-state index contributed by atoms with van der Waals surface area (Å²) in [5, 5.41) is 0. The maximum absolute atomic E-state index is 12.7. The van der Waals surface area contributed by atoms with Crippen molar-refractivity contribution in [2.45, 2.75) is 59.9 Å². The van der Waals surface area contributed by atoms with Crippen molar-refractivity contribution in [1.29, 1.82) is 0 Å². The summed E-state index contributed by atoms with van der Waals surface area (Å²) < 4.78 is 5.83. The Bertz CT molecular complexity index is 622. The van der Waals surface area contributed by atoms with E-state index in [0.29, 0.717) is 11.5 Å². The first-order chi connectivity index (χ1) is 10.7. The first-order valence-corrected chi connectivity index (χ1v) is 8.68. The fraction of sp³-hybridized carbons (Fsp3) is 0.650. The summed E-state index contributed by atoms with van der Waals surface area (Å²) in [6.07, 6.45) is 3.46. The molecule has 0 radical (unpaired) electrons. The minimum Gasteiger partial charge on any atom is -0.483 e. The molecule has 3 heteroatoms. The van der Waals surface area contributed by atoms with E-state index in [9.17, 15) is 4.79 Å². The van der Waals surface area contributed by atoms with Crippen LogP contribution in [0.25, 0.3) is 0 Å². The van der Waals surface area contributed by atoms with Crippen molar-refractivity contribution in [2.75, 3.05) is 13.2 Å². The quantitative estimate of drug-likeness (QED) is 0.840. The van der Waals surface area contributed by atoms with Crippen LogP contribution in [0.4, 0.5) is 0 Å². The summed E-state index contributed by atoms with van der Waals surface area (Å²) in [4.78, 5) is 14.8. The van der Waals surface area contributed by atoms with Gasteiger partial charge in [-0.3, -0.25) is 4.79 Å². The summed E-state index contributed by atoms with van der Waals surface area (Å²) in [5.74, 6) is 0.962. The summed E-state index contributed by atoms with van der Waals surface area (Å²) in [5.41, 5.74) is 2.93. The molecule has 3 rings (SSSR count). The smallest absolute Gasteiger partial charge is 0.260 e. The number of nitrogens with zero attached hydrogens (tertiary/aromatic N) is 1. The standard InChI is InChI=1S/C20H29NO2/c1-14-7-6-8-17(15(14)2)23-11-18(22)21-13-20(5)10-16(21)9-19(3,4)12-20/h6-8,16H,9-13H2,1-5H3. The number of aryl methyl sites for hydroxylation is 1. The molecule has 1 saturated heterocycles. The monoisotopic (exact) mass is 315 g/mol. The Morgan fingerprint density at radius 2 is 2.00 bits per heavy atom. The number of amides is 1. The summed E-state index contributed by atoms with van der Waals surface area (Å²) >= 11 is 0. The van der Waals surface area contributed by atoms with Crippen LogP contribution in [0.3, 0.4) is 0 Å². The average Bonchev–Trinajstić information content (AvgIpc) is 2.69. The van der Waals surface area contributed by atoms with Crippen molar-refractivity contribution >= 4 is 5.91 Å². The van der Waals surface area contributed by atoms with E-state index in [1.807, 2.05) is 19.1 Å². The lowest BCUT2D eigenvalue weighted by atomic mass is 9.65. The fourth-order valence-corrected chi connectivity index (χ4v) is 4.85. The van der Waals surface area contributed by atoms with Crippen molar-refractivity contribution in [3.8, 4) is 5.75 Å². The Morgan fingerprint density at radius 3 is 2.74 bits per heavy atom. The van der Waals surface area contributed by atoms with E-state index >= 15 is 0 Å². The molecule has 126 valence electrons. The fourth-order valence-electron chi connectivity index (χ4n) is 4.85. The zero-order valence-corrected chi connectivity index (χ0v) is 15.1. The highest BCUT2D eigenvalue weighted by atomic mass is 16.5. The largest absolute Gasteiger partial charge is 0.483 e. The first-order valence-electron chi connectivity index (χ1n) is 8.68. The number of carbonyl (C=O) groups is 1. The minimum atomic E-state index is 0.136. The highest BCUT2D eigenvalue weighted by molar-refractivity contribution is 5.78. The van der Waals surface area contributed by atoms with Crippen LogP contribution in [0.2, 0.25) is 0 Å². The van der Waals surface area contributed by atoms with Gasteiger partial charge in [-0.1, -0.05) is 32.9 Å². The van der Waals surface area contributed by atoms with E-state index in [-0.39, 0.29) is 17.9 Å². The maximum atomic E-state index is 12.7. The van der Waals surface area contributed by atoms with Crippen molar-refractivity contribution < 1.29 is 9.53 Å². The Morgan fingerprint density at radius 1 is 1.26 bits per heavy atom. The molecule has 2 bridgehead atoms. The van der Waals surface area contributed by atoms with E-state index in [0.717, 1.165) is 30.7 Å². The highest BCUT2D eigenvalue weighted by Gasteiger charge is 2.50. The van der Waals surface area contributed by atoms with Gasteiger partial charge in [-0.05, 0) is 61.1 Å². The molecule has 2 fully saturated rings. The zero-order valence-electron chi connectivity index (χ0n) is 15.1. The maximum Gasteiger partial charge on any atom is 0.260 e. The molecule has 1 aromatic rings. The zero-order chi connectivity index (χ0) is 16.8. The van der Waals surface area contributed by atoms with Crippen LogP contribution in [0.1, 0.15) is 51.2 Å². The predicted octanol–water partition coefficient (Wildman–Crippen LogP) is 4.11. The van der Waals surface area contributed by atoms with Crippen molar-refractivity contribution in [3.63, 3.8) is 0 Å². The van der Waals surface area contributed by atoms with Crippen LogP contribution in [-0.4, -0.2) is 30.0 Å². The molecule has 3 nitrogen and oxygen atoms in total. The molecule has 0 aromatic heterocycles. The van der Waals surface area contributed by atoms with Gasteiger partial charge in [-0.25, -0.2) is 0 Å². The van der Waals surface area contributed by atoms with Crippen LogP contribution in [0.15, 0.2) is 18.2 Å². The Kier molecular flexibility index (Phi) is 3.94. The summed E-state index contributed by atoms with van der Waals surface area (Å²) in [6, 6.07) is 6.38. The van der Waals surface area contributed by atoms with Gasteiger partial charge in [0, 0.05) is 12.6 Å². The third-order valence-electron chi connectivity index (χ3n) is 5.64. The Balaban J connectivity index is 1.67. The predicted molar refractivity (Wildman–Crippen MR) is 92.7 cm³/mol. The van der Waals surface area contributed by atoms with Crippen molar-refractivity contribution in [2.24, 2.45) is 10.8 Å². The molecule has 1 aliphatic carbocycles. The third-order valence-corrected chi connectivity index (χ3v) is 5.64. The van der Waals surface area contributed by atoms with Crippen LogP contribution in [-0.2, 0) is 4.79 Å². The van der Waals surface area contributed by atoms with Gasteiger partial charge in [0.15, 0.2) is 6.61 Å². The van der Waals surface area contributed by atoms with Gasteiger partial charge >= 0.3 is 0 Å². The second-order valence-electron chi connectivity index (χ2n) is 8.72. The molecule has 1 amide bonds. The Labute approximate surface area is 140 Å². The molecule has 0 N–H and O–H groups in total. The number of ether oxygens (including phenoxy) is 1. The van der Waals surface area contributed by atoms with Gasteiger partial charge in [0.2, 0.25) is 0 Å². The van der Waals surface area contributed by atoms with E-state index in [1.54, 1.807) is 0 Å². The molecule has 2 unspecified atom stereocenters. The third kappa shape index (κ3) is 3.24. The van der Waals surface area contributed by atoms with Gasteiger partial charge in [-0.15, -0.1) is 0 Å². The molecule has 1 aliphatic heterocycles. The topological polar surface area (TPSA) is 29.5 Å². The van der Waals surface area contributed by atoms with E-state index in [2.05, 4.69) is 38.7 Å². The normalized spacial score (nSPS) is 28.7. The number of fused-ring (bicyclic) bond motifs is 2. The molecule has 2 atom stereocenters. The Hall–Kier alpha value is -1.51. The van der Waals surface area contributed by atoms with Gasteiger partial charge in [-0.2, -0.15) is 0 Å². The molecule has 1 saturated carbocycles. The number of benzene rings is 1. The number of rotatable bonds is 3. The lowest BCUT2D eigenvalue weighted by Crippen LogP contribution is -2.40. The molecule has 1 heterocycles. The van der Waals surface area contributed by atoms with Gasteiger partial charge in [0.05, 0.1) is 0 Å². The second-order valence-corrected chi connectivity index (χ2v) is 8.72. The summed E-state index contributed by atoms with van der Waals surface area (Å²) in [7, 11) is 0. The van der Waals surface area contributed by atoms with Crippen LogP contribution >= 0.6 is 0 Å². The number of carbonyl (C=O) groups excluding carboxylic acids is 1. The molecule has 2 aliphatic rings. The van der Waals surface area contributed by atoms with E-state index in [1.165, 1.54) is 12.0 Å². The van der Waals surface area contributed by atoms with Crippen LogP contribution in [0.5, 0.6) is 5.75 Å². The van der Waals surface area contributed by atoms with Gasteiger partial charge in [0.1, 0.15) is 5.75 Å². The van der Waals surface area contributed by atoms with Crippen molar-refractivity contribution in [3.05, 3.63) is 29.3 Å². The lowest BCUT2D eigenvalue weighted by molar-refractivity contribution is -0.134. The number of hydrogen-bond acceptors (Lipinski definition) is 2. The molecular formula is C20H29NO2. The SMILES string of the molecule is Cc1cccc(OCC(=O)N2CC3(C)CC2CC(C)(C)C3)c1C. The summed E-state index contributed by atoms with van der Waals surface area (Å²) in [6.45, 7) is 12.1. The molecule has 0 spiro atoms. The van der Waals surface area contributed by atoms with Gasteiger partial charge < -0.3 is 9.64 Å². The van der Waals surface area contributed by atoms with Crippen molar-refractivity contribution in [1.82, 2.24) is 4.90 Å². The average molecular weight is 315 g/mol. The highest BCUT2D eigenvalue weighted by Crippen LogP contribution is 2.52. The lowest BCUT2D eigenvalue weighted by Gasteiger charge is -2.39. The van der Waals surface area contributed by atoms with E-state index < -0.39 is 0 Å². The second kappa shape index (κ2) is 5.54. The van der Waals surface area contributed by atoms with Gasteiger partial charge in [0.25, 0.3) is 5.91 Å². The molecule has 23 heavy (non-hydrogen) atoms. The number of hydrogen-bond donors (Lipinski definition) is 0.